The zero-order chi connectivity index (χ0) is 11.8. The monoisotopic (exact) mass is 220 g/mol. The molecule has 1 aliphatic rings. The highest BCUT2D eigenvalue weighted by molar-refractivity contribution is 5.69. The lowest BCUT2D eigenvalue weighted by Crippen LogP contribution is -2.07. The van der Waals surface area contributed by atoms with Crippen LogP contribution in [0.4, 0.5) is 8.78 Å². The molecule has 16 heavy (non-hydrogen) atoms. The van der Waals surface area contributed by atoms with Crippen LogP contribution in [0.25, 0.3) is 5.57 Å². The van der Waals surface area contributed by atoms with Crippen LogP contribution < -0.4 is 0 Å². The van der Waals surface area contributed by atoms with E-state index in [1.165, 1.54) is 12.1 Å². The number of allylic oxidation sites excluding steroid dienone is 4. The topological polar surface area (TPSA) is 0 Å². The first-order valence-electron chi connectivity index (χ1n) is 5.32. The van der Waals surface area contributed by atoms with Crippen molar-refractivity contribution < 1.29 is 8.78 Å². The molecule has 0 aromatic heterocycles. The Morgan fingerprint density at radius 1 is 1.06 bits per heavy atom. The molecule has 0 aliphatic heterocycles. The molecule has 1 aliphatic carbocycles. The fourth-order valence-corrected chi connectivity index (χ4v) is 1.99. The van der Waals surface area contributed by atoms with Gasteiger partial charge in [-0.15, -0.1) is 0 Å². The van der Waals surface area contributed by atoms with Crippen molar-refractivity contribution in [1.82, 2.24) is 0 Å². The number of halogens is 2. The molecular formula is C14H14F2. The largest absolute Gasteiger partial charge is 0.207 e. The fourth-order valence-electron chi connectivity index (χ4n) is 1.99. The van der Waals surface area contributed by atoms with Crippen LogP contribution >= 0.6 is 0 Å². The second kappa shape index (κ2) is 3.85. The Kier molecular flexibility index (Phi) is 2.66. The van der Waals surface area contributed by atoms with E-state index < -0.39 is 11.6 Å². The molecule has 0 heterocycles. The normalized spacial score (nSPS) is 18.4. The van der Waals surface area contributed by atoms with Gasteiger partial charge in [-0.25, -0.2) is 8.78 Å². The summed E-state index contributed by atoms with van der Waals surface area (Å²) >= 11 is 0. The van der Waals surface area contributed by atoms with Crippen LogP contribution in [-0.2, 0) is 0 Å². The highest BCUT2D eigenvalue weighted by atomic mass is 19.1. The maximum Gasteiger partial charge on any atom is 0.126 e. The van der Waals surface area contributed by atoms with Crippen molar-refractivity contribution in [3.05, 3.63) is 53.6 Å². The van der Waals surface area contributed by atoms with Crippen molar-refractivity contribution in [3.8, 4) is 0 Å². The third-order valence-corrected chi connectivity index (χ3v) is 2.66. The quantitative estimate of drug-likeness (QED) is 0.618. The molecule has 0 bridgehead atoms. The molecule has 0 spiro atoms. The number of hydrogen-bond acceptors (Lipinski definition) is 0. The lowest BCUT2D eigenvalue weighted by Gasteiger charge is -2.22. The summed E-state index contributed by atoms with van der Waals surface area (Å²) in [4.78, 5) is 0. The van der Waals surface area contributed by atoms with Gasteiger partial charge in [0.1, 0.15) is 11.6 Å². The first-order chi connectivity index (χ1) is 7.46. The second-order valence-electron chi connectivity index (χ2n) is 4.76. The highest BCUT2D eigenvalue weighted by Gasteiger charge is 2.16. The van der Waals surface area contributed by atoms with Gasteiger partial charge in [0, 0.05) is 11.5 Å². The van der Waals surface area contributed by atoms with Crippen molar-refractivity contribution in [2.24, 2.45) is 5.41 Å². The summed E-state index contributed by atoms with van der Waals surface area (Å²) in [6.07, 6.45) is 6.93. The average molecular weight is 220 g/mol. The van der Waals surface area contributed by atoms with Gasteiger partial charge in [-0.1, -0.05) is 32.1 Å². The fraction of sp³-hybridized carbons (Fsp3) is 0.286. The van der Waals surface area contributed by atoms with E-state index in [-0.39, 0.29) is 5.41 Å². The summed E-state index contributed by atoms with van der Waals surface area (Å²) in [7, 11) is 0. The molecule has 0 amide bonds. The van der Waals surface area contributed by atoms with Crippen LogP contribution in [0, 0.1) is 17.0 Å². The Labute approximate surface area is 94.3 Å². The Morgan fingerprint density at radius 3 is 2.25 bits per heavy atom. The van der Waals surface area contributed by atoms with E-state index in [0.29, 0.717) is 5.56 Å². The second-order valence-corrected chi connectivity index (χ2v) is 4.76. The lowest BCUT2D eigenvalue weighted by molar-refractivity contribution is 0.581. The minimum Gasteiger partial charge on any atom is -0.207 e. The summed E-state index contributed by atoms with van der Waals surface area (Å²) in [5, 5.41) is 0. The molecule has 2 heteroatoms. The van der Waals surface area contributed by atoms with Gasteiger partial charge in [-0.2, -0.15) is 0 Å². The van der Waals surface area contributed by atoms with Crippen LogP contribution in [0.1, 0.15) is 25.8 Å². The first-order valence-corrected chi connectivity index (χ1v) is 5.32. The summed E-state index contributed by atoms with van der Waals surface area (Å²) in [5.41, 5.74) is 1.57. The van der Waals surface area contributed by atoms with Crippen molar-refractivity contribution in [3.63, 3.8) is 0 Å². The van der Waals surface area contributed by atoms with Crippen LogP contribution in [0.15, 0.2) is 36.4 Å². The number of rotatable bonds is 1. The number of benzene rings is 1. The molecule has 2 rings (SSSR count). The maximum atomic E-state index is 13.1. The summed E-state index contributed by atoms with van der Waals surface area (Å²) in [6, 6.07) is 3.65. The Bertz CT molecular complexity index is 447. The van der Waals surface area contributed by atoms with Crippen molar-refractivity contribution in [2.45, 2.75) is 20.3 Å². The molecule has 1 aromatic carbocycles. The third kappa shape index (κ3) is 2.38. The first kappa shape index (κ1) is 11.1. The predicted octanol–water partition coefficient (Wildman–Crippen LogP) is 4.33. The van der Waals surface area contributed by atoms with E-state index in [0.717, 1.165) is 18.1 Å². The minimum absolute atomic E-state index is 0.0453. The summed E-state index contributed by atoms with van der Waals surface area (Å²) in [6.45, 7) is 4.14. The minimum atomic E-state index is -0.525. The van der Waals surface area contributed by atoms with Crippen molar-refractivity contribution >= 4 is 5.57 Å². The zero-order valence-electron chi connectivity index (χ0n) is 9.43. The molecule has 1 aromatic rings. The van der Waals surface area contributed by atoms with Gasteiger partial charge in [-0.3, -0.25) is 0 Å². The van der Waals surface area contributed by atoms with Gasteiger partial charge in [0.15, 0.2) is 0 Å². The standard InChI is InChI=1S/C14H14F2/c1-14(2)5-3-4-10(9-14)11-6-12(15)8-13(16)7-11/h3,5-9H,4H2,1-2H3. The summed E-state index contributed by atoms with van der Waals surface area (Å²) < 4.78 is 26.2. The van der Waals surface area contributed by atoms with Crippen molar-refractivity contribution in [1.29, 1.82) is 0 Å². The van der Waals surface area contributed by atoms with Crippen LogP contribution in [0.2, 0.25) is 0 Å². The zero-order valence-corrected chi connectivity index (χ0v) is 9.43. The molecule has 0 saturated carbocycles. The van der Waals surface area contributed by atoms with Crippen LogP contribution in [0.5, 0.6) is 0 Å². The van der Waals surface area contributed by atoms with Gasteiger partial charge >= 0.3 is 0 Å². The highest BCUT2D eigenvalue weighted by Crippen LogP contribution is 2.32. The molecule has 0 unspecified atom stereocenters. The number of hydrogen-bond donors (Lipinski definition) is 0. The average Bonchev–Trinajstić information content (AvgIpc) is 2.14. The Balaban J connectivity index is 2.42. The molecule has 0 radical (unpaired) electrons. The Morgan fingerprint density at radius 2 is 1.69 bits per heavy atom. The van der Waals surface area contributed by atoms with E-state index in [1.54, 1.807) is 0 Å². The van der Waals surface area contributed by atoms with Gasteiger partial charge < -0.3 is 0 Å². The van der Waals surface area contributed by atoms with Crippen LogP contribution in [-0.4, -0.2) is 0 Å². The maximum absolute atomic E-state index is 13.1. The molecule has 0 fully saturated rings. The van der Waals surface area contributed by atoms with E-state index in [1.807, 2.05) is 6.08 Å². The third-order valence-electron chi connectivity index (χ3n) is 2.66. The molecule has 0 atom stereocenters. The molecular weight excluding hydrogens is 206 g/mol. The molecule has 0 saturated heterocycles. The van der Waals surface area contributed by atoms with E-state index in [4.69, 9.17) is 0 Å². The molecule has 0 nitrogen and oxygen atoms in total. The van der Waals surface area contributed by atoms with Gasteiger partial charge in [0.05, 0.1) is 0 Å². The molecule has 84 valence electrons. The summed E-state index contributed by atoms with van der Waals surface area (Å²) in [5.74, 6) is -1.05. The van der Waals surface area contributed by atoms with E-state index in [9.17, 15) is 8.78 Å². The van der Waals surface area contributed by atoms with Gasteiger partial charge in [-0.05, 0) is 29.7 Å². The molecule has 0 N–H and O–H groups in total. The lowest BCUT2D eigenvalue weighted by atomic mass is 9.83. The van der Waals surface area contributed by atoms with E-state index >= 15 is 0 Å². The van der Waals surface area contributed by atoms with Gasteiger partial charge in [0.25, 0.3) is 0 Å². The smallest absolute Gasteiger partial charge is 0.126 e. The van der Waals surface area contributed by atoms with Crippen LogP contribution in [0.3, 0.4) is 0 Å². The van der Waals surface area contributed by atoms with Gasteiger partial charge in [0.2, 0.25) is 0 Å². The van der Waals surface area contributed by atoms with Crippen molar-refractivity contribution in [2.75, 3.05) is 0 Å². The van der Waals surface area contributed by atoms with E-state index in [2.05, 4.69) is 26.0 Å². The predicted molar refractivity (Wildman–Crippen MR) is 61.9 cm³/mol. The Hall–Kier alpha value is -1.44. The SMILES string of the molecule is CC1(C)C=CCC(c2cc(F)cc(F)c2)=C1.